The number of piperidine rings is 1. The van der Waals surface area contributed by atoms with Gasteiger partial charge in [0.15, 0.2) is 0 Å². The molecule has 1 N–H and O–H groups in total. The standard InChI is InChI=1S/C17H24N4S/c1-2-17-18-8-5-15(20-17)12-19-14-6-9-21(10-7-14)13-16-4-3-11-22-16/h3-5,8,11,14,19H,2,6-7,9-10,12-13H2,1H3. The van der Waals surface area contributed by atoms with E-state index in [1.807, 2.05) is 23.6 Å². The molecule has 2 aromatic heterocycles. The maximum absolute atomic E-state index is 4.56. The van der Waals surface area contributed by atoms with Crippen LogP contribution in [0, 0.1) is 0 Å². The summed E-state index contributed by atoms with van der Waals surface area (Å²) in [6, 6.07) is 6.99. The van der Waals surface area contributed by atoms with Crippen molar-refractivity contribution >= 4 is 11.3 Å². The molecule has 0 amide bonds. The Morgan fingerprint density at radius 2 is 2.18 bits per heavy atom. The Hall–Kier alpha value is -1.30. The van der Waals surface area contributed by atoms with Crippen molar-refractivity contribution in [2.75, 3.05) is 13.1 Å². The molecule has 0 bridgehead atoms. The average molecular weight is 316 g/mol. The molecule has 0 radical (unpaired) electrons. The molecule has 5 heteroatoms. The lowest BCUT2D eigenvalue weighted by Gasteiger charge is -2.32. The second-order valence-corrected chi connectivity index (χ2v) is 6.86. The molecule has 1 aliphatic heterocycles. The van der Waals surface area contributed by atoms with Gasteiger partial charge in [0.2, 0.25) is 0 Å². The van der Waals surface area contributed by atoms with Gasteiger partial charge in [0, 0.05) is 36.6 Å². The Morgan fingerprint density at radius 1 is 1.32 bits per heavy atom. The van der Waals surface area contributed by atoms with Crippen LogP contribution in [0.15, 0.2) is 29.8 Å². The molecule has 1 saturated heterocycles. The molecule has 3 rings (SSSR count). The van der Waals surface area contributed by atoms with Gasteiger partial charge in [-0.15, -0.1) is 11.3 Å². The van der Waals surface area contributed by atoms with E-state index in [0.717, 1.165) is 31.0 Å². The lowest BCUT2D eigenvalue weighted by Crippen LogP contribution is -2.41. The van der Waals surface area contributed by atoms with E-state index < -0.39 is 0 Å². The number of rotatable bonds is 6. The number of hydrogen-bond donors (Lipinski definition) is 1. The maximum Gasteiger partial charge on any atom is 0.128 e. The van der Waals surface area contributed by atoms with Gasteiger partial charge < -0.3 is 5.32 Å². The monoisotopic (exact) mass is 316 g/mol. The van der Waals surface area contributed by atoms with Gasteiger partial charge in [-0.1, -0.05) is 13.0 Å². The molecule has 3 heterocycles. The largest absolute Gasteiger partial charge is 0.308 e. The second-order valence-electron chi connectivity index (χ2n) is 5.83. The molecule has 0 saturated carbocycles. The van der Waals surface area contributed by atoms with Gasteiger partial charge in [0.25, 0.3) is 0 Å². The average Bonchev–Trinajstić information content (AvgIpc) is 3.07. The molecule has 118 valence electrons. The van der Waals surface area contributed by atoms with E-state index >= 15 is 0 Å². The lowest BCUT2D eigenvalue weighted by molar-refractivity contribution is 0.191. The fourth-order valence-electron chi connectivity index (χ4n) is 2.88. The Labute approximate surface area is 136 Å². The minimum Gasteiger partial charge on any atom is -0.308 e. The van der Waals surface area contributed by atoms with E-state index in [-0.39, 0.29) is 0 Å². The van der Waals surface area contributed by atoms with Crippen molar-refractivity contribution in [1.82, 2.24) is 20.2 Å². The lowest BCUT2D eigenvalue weighted by atomic mass is 10.0. The summed E-state index contributed by atoms with van der Waals surface area (Å²) in [5, 5.41) is 5.82. The molecule has 0 aliphatic carbocycles. The van der Waals surface area contributed by atoms with E-state index in [9.17, 15) is 0 Å². The SMILES string of the molecule is CCc1nccc(CNC2CCN(Cc3cccs3)CC2)n1. The molecule has 0 spiro atoms. The molecule has 4 nitrogen and oxygen atoms in total. The molecule has 0 aromatic carbocycles. The smallest absolute Gasteiger partial charge is 0.128 e. The highest BCUT2D eigenvalue weighted by Crippen LogP contribution is 2.17. The highest BCUT2D eigenvalue weighted by Gasteiger charge is 2.19. The zero-order valence-corrected chi connectivity index (χ0v) is 14.0. The van der Waals surface area contributed by atoms with E-state index in [2.05, 4.69) is 44.6 Å². The third-order valence-corrected chi connectivity index (χ3v) is 5.06. The fraction of sp³-hybridized carbons (Fsp3) is 0.529. The molecule has 0 atom stereocenters. The van der Waals surface area contributed by atoms with Crippen LogP contribution in [0.4, 0.5) is 0 Å². The first kappa shape index (κ1) is 15.6. The molecular weight excluding hydrogens is 292 g/mol. The normalized spacial score (nSPS) is 17.0. The van der Waals surface area contributed by atoms with Gasteiger partial charge in [-0.25, -0.2) is 9.97 Å². The van der Waals surface area contributed by atoms with Crippen LogP contribution < -0.4 is 5.32 Å². The van der Waals surface area contributed by atoms with E-state index in [1.165, 1.54) is 30.8 Å². The first-order chi connectivity index (χ1) is 10.8. The van der Waals surface area contributed by atoms with Crippen molar-refractivity contribution in [2.24, 2.45) is 0 Å². The Bertz CT molecular complexity index is 562. The molecule has 2 aromatic rings. The number of nitrogens with zero attached hydrogens (tertiary/aromatic N) is 3. The number of hydrogen-bond acceptors (Lipinski definition) is 5. The fourth-order valence-corrected chi connectivity index (χ4v) is 3.62. The summed E-state index contributed by atoms with van der Waals surface area (Å²) in [6.45, 7) is 6.41. The third kappa shape index (κ3) is 4.35. The zero-order chi connectivity index (χ0) is 15.2. The van der Waals surface area contributed by atoms with Gasteiger partial charge in [-0.05, 0) is 43.4 Å². The summed E-state index contributed by atoms with van der Waals surface area (Å²) < 4.78 is 0. The molecule has 1 aliphatic rings. The number of aromatic nitrogens is 2. The summed E-state index contributed by atoms with van der Waals surface area (Å²) in [7, 11) is 0. The zero-order valence-electron chi connectivity index (χ0n) is 13.2. The van der Waals surface area contributed by atoms with Crippen LogP contribution in [0.25, 0.3) is 0 Å². The highest BCUT2D eigenvalue weighted by molar-refractivity contribution is 7.09. The summed E-state index contributed by atoms with van der Waals surface area (Å²) in [6.07, 6.45) is 5.20. The van der Waals surface area contributed by atoms with Gasteiger partial charge in [0.05, 0.1) is 5.69 Å². The van der Waals surface area contributed by atoms with Gasteiger partial charge in [-0.3, -0.25) is 4.90 Å². The maximum atomic E-state index is 4.56. The Balaban J connectivity index is 1.42. The van der Waals surface area contributed by atoms with Gasteiger partial charge in [0.1, 0.15) is 5.82 Å². The minimum atomic E-state index is 0.611. The van der Waals surface area contributed by atoms with Crippen LogP contribution in [-0.2, 0) is 19.5 Å². The number of aryl methyl sites for hydroxylation is 1. The number of nitrogens with one attached hydrogen (secondary N) is 1. The van der Waals surface area contributed by atoms with Crippen LogP contribution in [0.1, 0.15) is 36.2 Å². The topological polar surface area (TPSA) is 41.1 Å². The van der Waals surface area contributed by atoms with Crippen molar-refractivity contribution in [1.29, 1.82) is 0 Å². The summed E-state index contributed by atoms with van der Waals surface area (Å²) in [5.41, 5.74) is 1.10. The predicted molar refractivity (Wildman–Crippen MR) is 90.9 cm³/mol. The summed E-state index contributed by atoms with van der Waals surface area (Å²) in [5.74, 6) is 0.935. The van der Waals surface area contributed by atoms with Gasteiger partial charge >= 0.3 is 0 Å². The highest BCUT2D eigenvalue weighted by atomic mass is 32.1. The Morgan fingerprint density at radius 3 is 2.91 bits per heavy atom. The predicted octanol–water partition coefficient (Wildman–Crippen LogP) is 2.85. The first-order valence-corrected chi connectivity index (χ1v) is 9.00. The summed E-state index contributed by atoms with van der Waals surface area (Å²) >= 11 is 1.86. The van der Waals surface area contributed by atoms with Gasteiger partial charge in [-0.2, -0.15) is 0 Å². The van der Waals surface area contributed by atoms with Crippen molar-refractivity contribution in [3.05, 3.63) is 46.2 Å². The minimum absolute atomic E-state index is 0.611. The number of thiophene rings is 1. The van der Waals surface area contributed by atoms with Crippen molar-refractivity contribution in [3.8, 4) is 0 Å². The van der Waals surface area contributed by atoms with Crippen molar-refractivity contribution < 1.29 is 0 Å². The van der Waals surface area contributed by atoms with Crippen LogP contribution >= 0.6 is 11.3 Å². The van der Waals surface area contributed by atoms with Crippen LogP contribution in [0.5, 0.6) is 0 Å². The second kappa shape index (κ2) is 7.81. The third-order valence-electron chi connectivity index (χ3n) is 4.20. The molecule has 22 heavy (non-hydrogen) atoms. The van der Waals surface area contributed by atoms with Crippen LogP contribution in [-0.4, -0.2) is 34.0 Å². The quantitative estimate of drug-likeness (QED) is 0.890. The van der Waals surface area contributed by atoms with E-state index in [1.54, 1.807) is 0 Å². The molecule has 1 fully saturated rings. The number of likely N-dealkylation sites (tertiary alicyclic amines) is 1. The van der Waals surface area contributed by atoms with Crippen molar-refractivity contribution in [2.45, 2.75) is 45.3 Å². The Kier molecular flexibility index (Phi) is 5.53. The summed E-state index contributed by atoms with van der Waals surface area (Å²) in [4.78, 5) is 12.8. The van der Waals surface area contributed by atoms with E-state index in [4.69, 9.17) is 0 Å². The van der Waals surface area contributed by atoms with Crippen LogP contribution in [0.3, 0.4) is 0 Å². The molecule has 0 unspecified atom stereocenters. The first-order valence-electron chi connectivity index (χ1n) is 8.12. The van der Waals surface area contributed by atoms with Crippen molar-refractivity contribution in [3.63, 3.8) is 0 Å². The molecular formula is C17H24N4S. The van der Waals surface area contributed by atoms with E-state index in [0.29, 0.717) is 6.04 Å². The van der Waals surface area contributed by atoms with Crippen LogP contribution in [0.2, 0.25) is 0 Å².